The van der Waals surface area contributed by atoms with Crippen LogP contribution in [-0.4, -0.2) is 107 Å². The molecule has 0 spiro atoms. The first-order valence-corrected chi connectivity index (χ1v) is 17.1. The normalized spacial score (nSPS) is 27.8. The first-order chi connectivity index (χ1) is 23.7. The number of methoxy groups -OCH3 is 1. The van der Waals surface area contributed by atoms with Gasteiger partial charge in [-0.3, -0.25) is 0 Å². The van der Waals surface area contributed by atoms with Crippen molar-refractivity contribution < 1.29 is 71.7 Å². The first kappa shape index (κ1) is 43.1. The third-order valence-corrected chi connectivity index (χ3v) is 7.42. The van der Waals surface area contributed by atoms with Gasteiger partial charge in [0, 0.05) is 13.5 Å². The molecule has 2 aliphatic heterocycles. The Morgan fingerprint density at radius 2 is 1.29 bits per heavy atom. The number of hydrogen-bond donors (Lipinski definition) is 1. The highest BCUT2D eigenvalue weighted by Crippen LogP contribution is 2.58. The third kappa shape index (κ3) is 9.99. The zero-order chi connectivity index (χ0) is 39.6. The summed E-state index contributed by atoms with van der Waals surface area (Å²) < 4.78 is 58.5. The summed E-state index contributed by atoms with van der Waals surface area (Å²) in [5.74, 6) is -6.46. The number of fused-ring (bicyclic) bond motifs is 2. The summed E-state index contributed by atoms with van der Waals surface area (Å²) in [4.78, 5) is 57.2. The number of ether oxygens (including phenoxy) is 10. The lowest BCUT2D eigenvalue weighted by atomic mass is 9.74. The average Bonchev–Trinajstić information content (AvgIpc) is 3.20. The second-order valence-corrected chi connectivity index (χ2v) is 16.7. The molecular formula is C37H56O15. The molecule has 1 N–H and O–H groups in total. The van der Waals surface area contributed by atoms with Crippen LogP contribution in [0.3, 0.4) is 0 Å². The molecule has 0 radical (unpaired) electrons. The Morgan fingerprint density at radius 1 is 0.750 bits per heavy atom. The smallest absolute Gasteiger partial charge is 0.458 e. The molecule has 0 saturated carbocycles. The van der Waals surface area contributed by atoms with E-state index in [1.807, 2.05) is 0 Å². The molecule has 2 aliphatic rings. The van der Waals surface area contributed by atoms with Gasteiger partial charge in [0.05, 0.1) is 13.2 Å². The molecule has 2 saturated heterocycles. The highest BCUT2D eigenvalue weighted by molar-refractivity contribution is 5.99. The number of hydrogen-bond acceptors (Lipinski definition) is 15. The van der Waals surface area contributed by atoms with E-state index >= 15 is 0 Å². The molecule has 1 aromatic carbocycles. The molecule has 15 nitrogen and oxygen atoms in total. The molecule has 3 rings (SSSR count). The van der Waals surface area contributed by atoms with Crippen LogP contribution < -0.4 is 0 Å². The average molecular weight is 741 g/mol. The SMILES string of the molecule is COCOCC[C@]12O[C@H](C(=O)OC(C)(C)C)[C@](O)(C(=O)OC(C)(C)C)[C@](C(=O)OC(C)(C)C)(O1)[C@H](OCc1ccccc1)[C@H]2OC(=O)OC(C)(C)C. The molecular weight excluding hydrogens is 684 g/mol. The van der Waals surface area contributed by atoms with Crippen molar-refractivity contribution in [3.63, 3.8) is 0 Å². The molecule has 1 aromatic rings. The Balaban J connectivity index is 2.47. The summed E-state index contributed by atoms with van der Waals surface area (Å²) in [5.41, 5.74) is -10.6. The first-order valence-electron chi connectivity index (χ1n) is 17.1. The van der Waals surface area contributed by atoms with E-state index in [2.05, 4.69) is 0 Å². The fourth-order valence-corrected chi connectivity index (χ4v) is 5.66. The van der Waals surface area contributed by atoms with Gasteiger partial charge in [-0.1, -0.05) is 30.3 Å². The van der Waals surface area contributed by atoms with Crippen LogP contribution in [0.25, 0.3) is 0 Å². The van der Waals surface area contributed by atoms with E-state index < -0.39 is 81.8 Å². The molecule has 15 heteroatoms. The summed E-state index contributed by atoms with van der Waals surface area (Å²) in [7, 11) is 1.40. The van der Waals surface area contributed by atoms with Crippen molar-refractivity contribution in [2.45, 2.75) is 154 Å². The van der Waals surface area contributed by atoms with E-state index in [0.717, 1.165) is 0 Å². The summed E-state index contributed by atoms with van der Waals surface area (Å²) in [6.07, 6.45) is -7.71. The van der Waals surface area contributed by atoms with E-state index in [1.54, 1.807) is 92.6 Å². The number of aliphatic hydroxyl groups is 1. The van der Waals surface area contributed by atoms with Crippen molar-refractivity contribution in [1.29, 1.82) is 0 Å². The zero-order valence-electron chi connectivity index (χ0n) is 32.6. The van der Waals surface area contributed by atoms with Crippen LogP contribution in [0.5, 0.6) is 0 Å². The van der Waals surface area contributed by atoms with E-state index in [0.29, 0.717) is 5.56 Å². The highest BCUT2D eigenvalue weighted by Gasteiger charge is 2.87. The van der Waals surface area contributed by atoms with Crippen LogP contribution in [0.4, 0.5) is 4.79 Å². The van der Waals surface area contributed by atoms with Crippen molar-refractivity contribution in [1.82, 2.24) is 0 Å². The van der Waals surface area contributed by atoms with E-state index in [9.17, 15) is 24.3 Å². The van der Waals surface area contributed by atoms with Crippen molar-refractivity contribution in [3.8, 4) is 0 Å². The Morgan fingerprint density at radius 3 is 1.81 bits per heavy atom. The monoisotopic (exact) mass is 740 g/mol. The van der Waals surface area contributed by atoms with E-state index in [4.69, 9.17) is 47.4 Å². The van der Waals surface area contributed by atoms with Gasteiger partial charge in [-0.25, -0.2) is 19.2 Å². The van der Waals surface area contributed by atoms with Gasteiger partial charge in [0.2, 0.25) is 23.1 Å². The Kier molecular flexibility index (Phi) is 12.9. The highest BCUT2D eigenvalue weighted by atomic mass is 16.8. The Bertz CT molecular complexity index is 1420. The van der Waals surface area contributed by atoms with Crippen LogP contribution in [0, 0.1) is 0 Å². The predicted molar refractivity (Wildman–Crippen MR) is 182 cm³/mol. The lowest BCUT2D eigenvalue weighted by molar-refractivity contribution is -0.380. The number of rotatable bonds is 12. The zero-order valence-corrected chi connectivity index (χ0v) is 32.6. The molecule has 52 heavy (non-hydrogen) atoms. The van der Waals surface area contributed by atoms with Gasteiger partial charge in [0.15, 0.2) is 6.10 Å². The maximum Gasteiger partial charge on any atom is 0.509 e. The lowest BCUT2D eigenvalue weighted by Gasteiger charge is -2.51. The molecule has 0 amide bonds. The topological polar surface area (TPSA) is 181 Å². The minimum absolute atomic E-state index is 0.184. The molecule has 0 unspecified atom stereocenters. The molecule has 294 valence electrons. The summed E-state index contributed by atoms with van der Waals surface area (Å²) in [6.45, 7) is 18.0. The largest absolute Gasteiger partial charge is 0.509 e. The molecule has 0 aliphatic carbocycles. The van der Waals surface area contributed by atoms with Gasteiger partial charge in [-0.15, -0.1) is 0 Å². The Hall–Kier alpha value is -3.34. The molecule has 0 aromatic heterocycles. The van der Waals surface area contributed by atoms with Crippen LogP contribution in [0.15, 0.2) is 30.3 Å². The maximum atomic E-state index is 14.9. The van der Waals surface area contributed by atoms with Crippen LogP contribution >= 0.6 is 0 Å². The van der Waals surface area contributed by atoms with E-state index in [-0.39, 0.29) is 26.4 Å². The van der Waals surface area contributed by atoms with Gasteiger partial charge in [-0.05, 0) is 88.6 Å². The minimum Gasteiger partial charge on any atom is -0.458 e. The van der Waals surface area contributed by atoms with Crippen molar-refractivity contribution >= 4 is 24.1 Å². The summed E-state index contributed by atoms with van der Waals surface area (Å²) in [5, 5.41) is 13.0. The van der Waals surface area contributed by atoms with Crippen LogP contribution in [-0.2, 0) is 68.4 Å². The van der Waals surface area contributed by atoms with Crippen molar-refractivity contribution in [3.05, 3.63) is 35.9 Å². The Labute approximate surface area is 305 Å². The molecule has 2 bridgehead atoms. The van der Waals surface area contributed by atoms with Crippen LogP contribution in [0.1, 0.15) is 95.1 Å². The van der Waals surface area contributed by atoms with Crippen LogP contribution in [0.2, 0.25) is 0 Å². The van der Waals surface area contributed by atoms with Gasteiger partial charge < -0.3 is 52.5 Å². The fourth-order valence-electron chi connectivity index (χ4n) is 5.66. The molecule has 2 heterocycles. The van der Waals surface area contributed by atoms with E-state index in [1.165, 1.54) is 27.9 Å². The minimum atomic E-state index is -3.39. The quantitative estimate of drug-likeness (QED) is 0.137. The van der Waals surface area contributed by atoms with Gasteiger partial charge in [0.1, 0.15) is 35.3 Å². The second-order valence-electron chi connectivity index (χ2n) is 16.7. The fraction of sp³-hybridized carbons (Fsp3) is 0.730. The maximum absolute atomic E-state index is 14.9. The lowest BCUT2D eigenvalue weighted by Crippen LogP contribution is -2.79. The summed E-state index contributed by atoms with van der Waals surface area (Å²) in [6, 6.07) is 8.71. The van der Waals surface area contributed by atoms with Gasteiger partial charge in [-0.2, -0.15) is 0 Å². The number of carbonyl (C=O) groups is 4. The van der Waals surface area contributed by atoms with Crippen molar-refractivity contribution in [2.24, 2.45) is 0 Å². The van der Waals surface area contributed by atoms with Gasteiger partial charge in [0.25, 0.3) is 0 Å². The second kappa shape index (κ2) is 15.6. The number of benzene rings is 1. The molecule has 2 fully saturated rings. The standard InChI is InChI=1S/C37H56O15/c1-31(2,3)48-27(38)26-36(42,28(39)49-32(4,5)6)37(29(40)50-33(7,8)9)25(45-21-23-17-15-14-16-18-23)24(46-30(41)51-34(10,11)12)35(47-26,52-37)19-20-44-22-43-13/h14-18,24-26,42H,19-22H2,1-13H3/t24-,25-,26-,35+,36+,37+/m1/s1. The van der Waals surface area contributed by atoms with Gasteiger partial charge >= 0.3 is 24.1 Å². The summed E-state index contributed by atoms with van der Waals surface area (Å²) >= 11 is 0. The molecule has 6 atom stereocenters. The van der Waals surface area contributed by atoms with Crippen molar-refractivity contribution in [2.75, 3.05) is 20.5 Å². The third-order valence-electron chi connectivity index (χ3n) is 7.42. The predicted octanol–water partition coefficient (Wildman–Crippen LogP) is 4.52. The number of carbonyl (C=O) groups excluding carboxylic acids is 4. The number of esters is 3.